The minimum Gasteiger partial charge on any atom is -0.317 e. The fourth-order valence-corrected chi connectivity index (χ4v) is 3.96. The van der Waals surface area contributed by atoms with Gasteiger partial charge in [-0.2, -0.15) is 0 Å². The van der Waals surface area contributed by atoms with Crippen molar-refractivity contribution in [1.29, 1.82) is 0 Å². The summed E-state index contributed by atoms with van der Waals surface area (Å²) < 4.78 is 14.3. The van der Waals surface area contributed by atoms with E-state index >= 15 is 0 Å². The van der Waals surface area contributed by atoms with E-state index in [2.05, 4.69) is 26.3 Å². The Morgan fingerprint density at radius 2 is 1.94 bits per heavy atom. The Labute approximate surface area is 192 Å². The molecule has 1 N–H and O–H groups in total. The third-order valence-corrected chi connectivity index (χ3v) is 5.75. The van der Waals surface area contributed by atoms with E-state index < -0.39 is 0 Å². The van der Waals surface area contributed by atoms with Crippen molar-refractivity contribution in [3.8, 4) is 22.4 Å². The first-order valence-electron chi connectivity index (χ1n) is 10.7. The smallest absolute Gasteiger partial charge is 0.132 e. The Kier molecular flexibility index (Phi) is 7.35. The summed E-state index contributed by atoms with van der Waals surface area (Å²) >= 11 is 6.06. The van der Waals surface area contributed by atoms with E-state index in [1.165, 1.54) is 12.1 Å². The number of nitrogens with zero attached hydrogens (tertiary/aromatic N) is 4. The summed E-state index contributed by atoms with van der Waals surface area (Å²) in [6.07, 6.45) is 11.2. The second kappa shape index (κ2) is 10.6. The van der Waals surface area contributed by atoms with E-state index in [1.54, 1.807) is 25.5 Å². The first-order valence-corrected chi connectivity index (χ1v) is 11.0. The van der Waals surface area contributed by atoms with Gasteiger partial charge in [-0.1, -0.05) is 11.6 Å². The third kappa shape index (κ3) is 5.44. The molecule has 0 spiro atoms. The number of halogens is 2. The summed E-state index contributed by atoms with van der Waals surface area (Å²) in [4.78, 5) is 17.8. The molecule has 7 heteroatoms. The summed E-state index contributed by atoms with van der Waals surface area (Å²) in [5, 5.41) is 3.83. The molecule has 4 rings (SSSR count). The molecule has 5 nitrogen and oxygen atoms in total. The maximum Gasteiger partial charge on any atom is 0.132 e. The van der Waals surface area contributed by atoms with E-state index in [0.717, 1.165) is 42.6 Å². The Bertz CT molecular complexity index is 1120. The fraction of sp³-hybridized carbons (Fsp3) is 0.280. The van der Waals surface area contributed by atoms with Gasteiger partial charge in [-0.05, 0) is 73.5 Å². The van der Waals surface area contributed by atoms with Gasteiger partial charge in [-0.3, -0.25) is 20.0 Å². The molecule has 0 amide bonds. The molecule has 1 atom stereocenters. The molecule has 0 saturated carbocycles. The third-order valence-electron chi connectivity index (χ3n) is 5.52. The van der Waals surface area contributed by atoms with Crippen molar-refractivity contribution in [2.45, 2.75) is 24.8 Å². The number of aromatic nitrogens is 2. The number of aliphatic imine (C=N–C) groups is 2. The Morgan fingerprint density at radius 3 is 2.75 bits per heavy atom. The Morgan fingerprint density at radius 1 is 1.09 bits per heavy atom. The Hall–Kier alpha value is -2.96. The molecule has 1 unspecified atom stereocenters. The minimum atomic E-state index is -0.362. The molecular formula is C25H25ClFN5. The standard InChI is InChI=1S/C25H25ClFN5/c1-28-13-20(16-32-22-5-7-29-8-6-22)19-10-18(14-30-15-19)17-4-9-31-25(11-17)23-12-21(26)2-3-24(23)27/h2-4,9-16,20,22,29H,5-8H2,1H3. The van der Waals surface area contributed by atoms with Crippen molar-refractivity contribution in [2.24, 2.45) is 9.98 Å². The highest BCUT2D eigenvalue weighted by Gasteiger charge is 2.14. The van der Waals surface area contributed by atoms with Crippen molar-refractivity contribution >= 4 is 24.0 Å². The minimum absolute atomic E-state index is 0.0611. The van der Waals surface area contributed by atoms with Gasteiger partial charge in [-0.25, -0.2) is 4.39 Å². The average molecular weight is 450 g/mol. The van der Waals surface area contributed by atoms with Crippen LogP contribution in [-0.2, 0) is 0 Å². The SMILES string of the molecule is CN=CC(C=NC1CCNCC1)c1cncc(-c2ccnc(-c3cc(Cl)ccc3F)c2)c1. The zero-order valence-corrected chi connectivity index (χ0v) is 18.6. The molecule has 1 aromatic carbocycles. The lowest BCUT2D eigenvalue weighted by Crippen LogP contribution is -2.30. The van der Waals surface area contributed by atoms with Gasteiger partial charge in [0.1, 0.15) is 5.82 Å². The fourth-order valence-electron chi connectivity index (χ4n) is 3.79. The van der Waals surface area contributed by atoms with Gasteiger partial charge in [-0.15, -0.1) is 0 Å². The van der Waals surface area contributed by atoms with Crippen LogP contribution in [0, 0.1) is 5.82 Å². The van der Waals surface area contributed by atoms with Gasteiger partial charge in [0.25, 0.3) is 0 Å². The summed E-state index contributed by atoms with van der Waals surface area (Å²) in [6, 6.07) is 10.6. The van der Waals surface area contributed by atoms with Gasteiger partial charge >= 0.3 is 0 Å². The van der Waals surface area contributed by atoms with Crippen LogP contribution in [0.3, 0.4) is 0 Å². The molecule has 2 aromatic heterocycles. The van der Waals surface area contributed by atoms with Crippen molar-refractivity contribution in [2.75, 3.05) is 20.1 Å². The highest BCUT2D eigenvalue weighted by molar-refractivity contribution is 6.30. The second-order valence-electron chi connectivity index (χ2n) is 7.77. The summed E-state index contributed by atoms with van der Waals surface area (Å²) in [5.41, 5.74) is 3.70. The van der Waals surface area contributed by atoms with Crippen LogP contribution in [0.4, 0.5) is 4.39 Å². The second-order valence-corrected chi connectivity index (χ2v) is 8.21. The monoisotopic (exact) mass is 449 g/mol. The number of rotatable bonds is 6. The molecule has 164 valence electrons. The molecule has 1 saturated heterocycles. The predicted molar refractivity (Wildman–Crippen MR) is 129 cm³/mol. The Balaban J connectivity index is 1.63. The molecule has 0 bridgehead atoms. The van der Waals surface area contributed by atoms with Crippen LogP contribution in [0.1, 0.15) is 24.3 Å². The highest BCUT2D eigenvalue weighted by Crippen LogP contribution is 2.29. The van der Waals surface area contributed by atoms with Crippen LogP contribution in [0.15, 0.2) is 65.0 Å². The first-order chi connectivity index (χ1) is 15.6. The number of hydrogen-bond acceptors (Lipinski definition) is 5. The van der Waals surface area contributed by atoms with Crippen molar-refractivity contribution in [3.63, 3.8) is 0 Å². The molecule has 1 fully saturated rings. The van der Waals surface area contributed by atoms with Gasteiger partial charge in [0.15, 0.2) is 0 Å². The summed E-state index contributed by atoms with van der Waals surface area (Å²) in [5.74, 6) is -0.423. The zero-order valence-electron chi connectivity index (χ0n) is 17.9. The highest BCUT2D eigenvalue weighted by atomic mass is 35.5. The molecule has 3 heterocycles. The van der Waals surface area contributed by atoms with E-state index in [9.17, 15) is 4.39 Å². The lowest BCUT2D eigenvalue weighted by molar-refractivity contribution is 0.460. The normalized spacial score (nSPS) is 16.1. The number of pyridine rings is 2. The number of piperidine rings is 1. The van der Waals surface area contributed by atoms with Gasteiger partial charge in [0.2, 0.25) is 0 Å². The lowest BCUT2D eigenvalue weighted by Gasteiger charge is -2.19. The van der Waals surface area contributed by atoms with E-state index in [-0.39, 0.29) is 11.7 Å². The maximum absolute atomic E-state index is 14.3. The molecule has 1 aliphatic heterocycles. The average Bonchev–Trinajstić information content (AvgIpc) is 2.84. The number of benzene rings is 1. The van der Waals surface area contributed by atoms with Crippen LogP contribution >= 0.6 is 11.6 Å². The van der Waals surface area contributed by atoms with E-state index in [0.29, 0.717) is 22.3 Å². The maximum atomic E-state index is 14.3. The molecule has 32 heavy (non-hydrogen) atoms. The largest absolute Gasteiger partial charge is 0.317 e. The molecular weight excluding hydrogens is 425 g/mol. The van der Waals surface area contributed by atoms with E-state index in [1.807, 2.05) is 30.8 Å². The van der Waals surface area contributed by atoms with Crippen molar-refractivity contribution in [3.05, 3.63) is 71.4 Å². The van der Waals surface area contributed by atoms with Crippen molar-refractivity contribution in [1.82, 2.24) is 15.3 Å². The van der Waals surface area contributed by atoms with Crippen LogP contribution in [-0.4, -0.2) is 48.6 Å². The summed E-state index contributed by atoms with van der Waals surface area (Å²) in [7, 11) is 1.76. The van der Waals surface area contributed by atoms with Crippen LogP contribution in [0.5, 0.6) is 0 Å². The van der Waals surface area contributed by atoms with Crippen LogP contribution in [0.2, 0.25) is 5.02 Å². The lowest BCUT2D eigenvalue weighted by atomic mass is 9.98. The quantitative estimate of drug-likeness (QED) is 0.525. The number of hydrogen-bond donors (Lipinski definition) is 1. The van der Waals surface area contributed by atoms with Gasteiger partial charge in [0, 0.05) is 54.2 Å². The van der Waals surface area contributed by atoms with Gasteiger partial charge < -0.3 is 5.32 Å². The van der Waals surface area contributed by atoms with Crippen LogP contribution < -0.4 is 5.32 Å². The van der Waals surface area contributed by atoms with Crippen LogP contribution in [0.25, 0.3) is 22.4 Å². The predicted octanol–water partition coefficient (Wildman–Crippen LogP) is 5.21. The first kappa shape index (κ1) is 22.2. The topological polar surface area (TPSA) is 62.5 Å². The zero-order chi connectivity index (χ0) is 22.3. The van der Waals surface area contributed by atoms with Gasteiger partial charge in [0.05, 0.1) is 17.7 Å². The van der Waals surface area contributed by atoms with E-state index in [4.69, 9.17) is 16.6 Å². The summed E-state index contributed by atoms with van der Waals surface area (Å²) in [6.45, 7) is 2.01. The number of nitrogens with one attached hydrogen (secondary N) is 1. The molecule has 0 aliphatic carbocycles. The van der Waals surface area contributed by atoms with Crippen molar-refractivity contribution < 1.29 is 4.39 Å². The molecule has 3 aromatic rings. The molecule has 0 radical (unpaired) electrons. The molecule has 1 aliphatic rings.